The molecule has 0 bridgehead atoms. The van der Waals surface area contributed by atoms with Gasteiger partial charge in [0.25, 0.3) is 0 Å². The van der Waals surface area contributed by atoms with Crippen LogP contribution in [0.15, 0.2) is 18.2 Å². The molecule has 0 fully saturated rings. The average Bonchev–Trinajstić information content (AvgIpc) is 2.13. The predicted octanol–water partition coefficient (Wildman–Crippen LogP) is 0.966. The molecule has 0 aliphatic rings. The Labute approximate surface area is 75.5 Å². The van der Waals surface area contributed by atoms with Crippen molar-refractivity contribution < 1.29 is 8.78 Å². The highest BCUT2D eigenvalue weighted by molar-refractivity contribution is 5.22. The number of rotatable bonds is 3. The minimum atomic E-state index is -0.857. The van der Waals surface area contributed by atoms with Crippen molar-refractivity contribution in [1.82, 2.24) is 0 Å². The Hall–Kier alpha value is -1.00. The molecule has 4 heteroatoms. The van der Waals surface area contributed by atoms with Crippen LogP contribution in [-0.4, -0.2) is 13.1 Å². The predicted molar refractivity (Wildman–Crippen MR) is 47.2 cm³/mol. The van der Waals surface area contributed by atoms with Gasteiger partial charge in [0.2, 0.25) is 0 Å². The molecule has 4 N–H and O–H groups in total. The summed E-state index contributed by atoms with van der Waals surface area (Å²) in [6, 6.07) is 3.73. The van der Waals surface area contributed by atoms with Gasteiger partial charge in [-0.1, -0.05) is 6.07 Å². The summed E-state index contributed by atoms with van der Waals surface area (Å²) >= 11 is 0. The third kappa shape index (κ3) is 2.23. The molecule has 0 aromatic heterocycles. The fourth-order valence-electron chi connectivity index (χ4n) is 1.13. The summed E-state index contributed by atoms with van der Waals surface area (Å²) < 4.78 is 25.3. The maximum atomic E-state index is 12.8. The van der Waals surface area contributed by atoms with Crippen LogP contribution < -0.4 is 11.5 Å². The molecule has 1 rings (SSSR count). The number of benzene rings is 1. The van der Waals surface area contributed by atoms with Crippen molar-refractivity contribution in [3.8, 4) is 0 Å². The number of halogens is 2. The molecule has 2 nitrogen and oxygen atoms in total. The van der Waals surface area contributed by atoms with Gasteiger partial charge in [0.05, 0.1) is 0 Å². The lowest BCUT2D eigenvalue weighted by Gasteiger charge is -2.12. The normalized spacial score (nSPS) is 10.8. The highest BCUT2D eigenvalue weighted by Crippen LogP contribution is 2.16. The second-order valence-corrected chi connectivity index (χ2v) is 2.84. The Morgan fingerprint density at radius 2 is 1.69 bits per heavy atom. The van der Waals surface area contributed by atoms with E-state index in [0.29, 0.717) is 18.7 Å². The number of hydrogen-bond donors (Lipinski definition) is 2. The van der Waals surface area contributed by atoms with Crippen LogP contribution in [0.3, 0.4) is 0 Å². The Kier molecular flexibility index (Phi) is 3.33. The molecule has 0 atom stereocenters. The third-order valence-corrected chi connectivity index (χ3v) is 1.98. The summed E-state index contributed by atoms with van der Waals surface area (Å²) in [6.45, 7) is 0.670. The molecule has 0 saturated heterocycles. The summed E-state index contributed by atoms with van der Waals surface area (Å²) in [5.74, 6) is -1.81. The topological polar surface area (TPSA) is 52.0 Å². The van der Waals surface area contributed by atoms with Crippen molar-refractivity contribution in [2.24, 2.45) is 11.5 Å². The lowest BCUT2D eigenvalue weighted by atomic mass is 9.99. The van der Waals surface area contributed by atoms with Crippen LogP contribution >= 0.6 is 0 Å². The van der Waals surface area contributed by atoms with Gasteiger partial charge in [0.1, 0.15) is 0 Å². The van der Waals surface area contributed by atoms with Crippen molar-refractivity contribution in [1.29, 1.82) is 0 Å². The van der Waals surface area contributed by atoms with Crippen molar-refractivity contribution in [3.63, 3.8) is 0 Å². The summed E-state index contributed by atoms with van der Waals surface area (Å²) in [4.78, 5) is 0. The zero-order valence-electron chi connectivity index (χ0n) is 7.13. The lowest BCUT2D eigenvalue weighted by Crippen LogP contribution is -2.21. The van der Waals surface area contributed by atoms with E-state index in [2.05, 4.69) is 0 Å². The Balaban J connectivity index is 2.95. The number of hydrogen-bond acceptors (Lipinski definition) is 2. The maximum Gasteiger partial charge on any atom is 0.159 e. The van der Waals surface area contributed by atoms with Crippen molar-refractivity contribution in [2.75, 3.05) is 13.1 Å². The highest BCUT2D eigenvalue weighted by atomic mass is 19.2. The molecule has 0 aliphatic heterocycles. The second kappa shape index (κ2) is 4.30. The standard InChI is InChI=1S/C9H12F2N2/c10-8-2-1-6(3-9(8)11)7(4-12)5-13/h1-3,7H,4-5,12-13H2. The van der Waals surface area contributed by atoms with Crippen molar-refractivity contribution in [2.45, 2.75) is 5.92 Å². The molecule has 1 aromatic carbocycles. The molecular weight excluding hydrogens is 174 g/mol. The largest absolute Gasteiger partial charge is 0.330 e. The molecule has 0 spiro atoms. The summed E-state index contributed by atoms with van der Waals surface area (Å²) in [5, 5.41) is 0. The van der Waals surface area contributed by atoms with E-state index in [4.69, 9.17) is 11.5 Å². The Bertz CT molecular complexity index is 285. The first-order valence-electron chi connectivity index (χ1n) is 4.04. The van der Waals surface area contributed by atoms with E-state index in [1.54, 1.807) is 0 Å². The van der Waals surface area contributed by atoms with Crippen LogP contribution in [0.5, 0.6) is 0 Å². The minimum Gasteiger partial charge on any atom is -0.330 e. The van der Waals surface area contributed by atoms with E-state index in [0.717, 1.165) is 12.1 Å². The first kappa shape index (κ1) is 10.1. The number of nitrogens with two attached hydrogens (primary N) is 2. The van der Waals surface area contributed by atoms with E-state index in [9.17, 15) is 8.78 Å². The van der Waals surface area contributed by atoms with Gasteiger partial charge in [-0.15, -0.1) is 0 Å². The summed E-state index contributed by atoms with van der Waals surface area (Å²) in [6.07, 6.45) is 0. The van der Waals surface area contributed by atoms with Crippen LogP contribution in [0.2, 0.25) is 0 Å². The lowest BCUT2D eigenvalue weighted by molar-refractivity contribution is 0.505. The molecule has 1 aromatic rings. The summed E-state index contributed by atoms with van der Waals surface area (Å²) in [5.41, 5.74) is 11.5. The zero-order chi connectivity index (χ0) is 9.84. The highest BCUT2D eigenvalue weighted by Gasteiger charge is 2.10. The van der Waals surface area contributed by atoms with Gasteiger partial charge >= 0.3 is 0 Å². The monoisotopic (exact) mass is 186 g/mol. The molecule has 72 valence electrons. The Morgan fingerprint density at radius 1 is 1.08 bits per heavy atom. The molecule has 0 unspecified atom stereocenters. The minimum absolute atomic E-state index is 0.102. The van der Waals surface area contributed by atoms with E-state index >= 15 is 0 Å². The van der Waals surface area contributed by atoms with Crippen LogP contribution in [-0.2, 0) is 0 Å². The van der Waals surface area contributed by atoms with Gasteiger partial charge in [-0.25, -0.2) is 8.78 Å². The SMILES string of the molecule is NCC(CN)c1ccc(F)c(F)c1. The Morgan fingerprint density at radius 3 is 2.15 bits per heavy atom. The first-order valence-corrected chi connectivity index (χ1v) is 4.04. The average molecular weight is 186 g/mol. The van der Waals surface area contributed by atoms with Gasteiger partial charge in [0, 0.05) is 19.0 Å². The van der Waals surface area contributed by atoms with Crippen molar-refractivity contribution in [3.05, 3.63) is 35.4 Å². The fourth-order valence-corrected chi connectivity index (χ4v) is 1.13. The van der Waals surface area contributed by atoms with Crippen LogP contribution in [0.1, 0.15) is 11.5 Å². The molecule has 0 radical (unpaired) electrons. The van der Waals surface area contributed by atoms with Crippen molar-refractivity contribution >= 4 is 0 Å². The van der Waals surface area contributed by atoms with Gasteiger partial charge in [-0.3, -0.25) is 0 Å². The first-order chi connectivity index (χ1) is 6.19. The molecule has 0 amide bonds. The van der Waals surface area contributed by atoms with E-state index < -0.39 is 11.6 Å². The molecular formula is C9H12F2N2. The van der Waals surface area contributed by atoms with E-state index in [1.807, 2.05) is 0 Å². The van der Waals surface area contributed by atoms with Gasteiger partial charge in [-0.2, -0.15) is 0 Å². The van der Waals surface area contributed by atoms with Gasteiger partial charge in [0.15, 0.2) is 11.6 Å². The van der Waals surface area contributed by atoms with Gasteiger partial charge < -0.3 is 11.5 Å². The third-order valence-electron chi connectivity index (χ3n) is 1.98. The molecule has 0 heterocycles. The quantitative estimate of drug-likeness (QED) is 0.738. The van der Waals surface area contributed by atoms with Crippen LogP contribution in [0, 0.1) is 11.6 Å². The second-order valence-electron chi connectivity index (χ2n) is 2.84. The smallest absolute Gasteiger partial charge is 0.159 e. The van der Waals surface area contributed by atoms with Crippen LogP contribution in [0.25, 0.3) is 0 Å². The maximum absolute atomic E-state index is 12.8. The van der Waals surface area contributed by atoms with E-state index in [1.165, 1.54) is 6.07 Å². The molecule has 0 aliphatic carbocycles. The fraction of sp³-hybridized carbons (Fsp3) is 0.333. The van der Waals surface area contributed by atoms with E-state index in [-0.39, 0.29) is 5.92 Å². The molecule has 0 saturated carbocycles. The van der Waals surface area contributed by atoms with Crippen LogP contribution in [0.4, 0.5) is 8.78 Å². The molecule has 13 heavy (non-hydrogen) atoms. The zero-order valence-corrected chi connectivity index (χ0v) is 7.13. The summed E-state index contributed by atoms with van der Waals surface area (Å²) in [7, 11) is 0. The van der Waals surface area contributed by atoms with Gasteiger partial charge in [-0.05, 0) is 17.7 Å².